The minimum absolute atomic E-state index is 0.0159. The Morgan fingerprint density at radius 2 is 2.27 bits per heavy atom. The molecular weight excluding hydrogens is 284 g/mol. The minimum atomic E-state index is -0.753. The summed E-state index contributed by atoms with van der Waals surface area (Å²) in [5, 5.41) is 13.4. The summed E-state index contributed by atoms with van der Waals surface area (Å²) in [7, 11) is 3.44. The Labute approximate surface area is 128 Å². The maximum atomic E-state index is 11.1. The van der Waals surface area contributed by atoms with Gasteiger partial charge in [-0.25, -0.2) is 0 Å². The lowest BCUT2D eigenvalue weighted by Crippen LogP contribution is -2.03. The Balaban J connectivity index is 1.79. The summed E-state index contributed by atoms with van der Waals surface area (Å²) in [6, 6.07) is 7.41. The van der Waals surface area contributed by atoms with Crippen molar-refractivity contribution in [2.75, 3.05) is 7.11 Å². The fourth-order valence-electron chi connectivity index (χ4n) is 2.58. The molecular formula is C16H18N2O4. The Hall–Kier alpha value is -2.50. The number of aryl methyl sites for hydroxylation is 1. The average molecular weight is 302 g/mol. The lowest BCUT2D eigenvalue weighted by Gasteiger charge is -2.12. The van der Waals surface area contributed by atoms with Gasteiger partial charge in [-0.3, -0.25) is 9.48 Å². The summed E-state index contributed by atoms with van der Waals surface area (Å²) in [5.74, 6) is 0.301. The quantitative estimate of drug-likeness (QED) is 0.885. The monoisotopic (exact) mass is 302 g/mol. The van der Waals surface area contributed by atoms with E-state index in [9.17, 15) is 4.79 Å². The second-order valence-electron chi connectivity index (χ2n) is 5.46. The fraction of sp³-hybridized carbons (Fsp3) is 0.375. The van der Waals surface area contributed by atoms with Crippen LogP contribution in [-0.4, -0.2) is 28.0 Å². The SMILES string of the molecule is COc1ccc(C2CC2C(=O)O)c(OCc2ccn(C)n2)c1. The van der Waals surface area contributed by atoms with E-state index in [0.29, 0.717) is 24.5 Å². The van der Waals surface area contributed by atoms with Gasteiger partial charge in [0.15, 0.2) is 0 Å². The molecule has 0 bridgehead atoms. The van der Waals surface area contributed by atoms with Crippen LogP contribution < -0.4 is 9.47 Å². The normalized spacial score (nSPS) is 19.7. The van der Waals surface area contributed by atoms with Gasteiger partial charge in [-0.05, 0) is 24.1 Å². The van der Waals surface area contributed by atoms with Crippen LogP contribution in [0.25, 0.3) is 0 Å². The van der Waals surface area contributed by atoms with Crippen LogP contribution in [0, 0.1) is 5.92 Å². The molecule has 3 rings (SSSR count). The summed E-state index contributed by atoms with van der Waals surface area (Å²) in [6.07, 6.45) is 2.51. The maximum absolute atomic E-state index is 11.1. The second-order valence-corrected chi connectivity index (χ2v) is 5.46. The van der Waals surface area contributed by atoms with Crippen molar-refractivity contribution < 1.29 is 19.4 Å². The van der Waals surface area contributed by atoms with Crippen LogP contribution in [0.5, 0.6) is 11.5 Å². The second kappa shape index (κ2) is 5.71. The minimum Gasteiger partial charge on any atom is -0.497 e. The number of hydrogen-bond acceptors (Lipinski definition) is 4. The summed E-state index contributed by atoms with van der Waals surface area (Å²) >= 11 is 0. The average Bonchev–Trinajstić information content (AvgIpc) is 3.21. The topological polar surface area (TPSA) is 73.6 Å². The van der Waals surface area contributed by atoms with Gasteiger partial charge < -0.3 is 14.6 Å². The lowest BCUT2D eigenvalue weighted by atomic mass is 10.1. The first-order valence-corrected chi connectivity index (χ1v) is 7.10. The fourth-order valence-corrected chi connectivity index (χ4v) is 2.58. The van der Waals surface area contributed by atoms with Crippen LogP contribution in [0.3, 0.4) is 0 Å². The molecule has 1 aliphatic carbocycles. The van der Waals surface area contributed by atoms with E-state index in [4.69, 9.17) is 14.6 Å². The number of carboxylic acids is 1. The van der Waals surface area contributed by atoms with Crippen molar-refractivity contribution >= 4 is 5.97 Å². The molecule has 0 radical (unpaired) electrons. The van der Waals surface area contributed by atoms with E-state index >= 15 is 0 Å². The molecule has 1 aliphatic rings. The number of rotatable bonds is 6. The van der Waals surface area contributed by atoms with Crippen LogP contribution in [0.4, 0.5) is 0 Å². The van der Waals surface area contributed by atoms with Crippen molar-refractivity contribution in [1.29, 1.82) is 0 Å². The Kier molecular flexibility index (Phi) is 3.75. The number of ether oxygens (including phenoxy) is 2. The first kappa shape index (κ1) is 14.4. The highest BCUT2D eigenvalue weighted by Crippen LogP contribution is 2.51. The molecule has 1 aromatic carbocycles. The van der Waals surface area contributed by atoms with E-state index in [1.54, 1.807) is 17.9 Å². The zero-order valence-corrected chi connectivity index (χ0v) is 12.5. The first-order chi connectivity index (χ1) is 10.6. The molecule has 6 nitrogen and oxygen atoms in total. The Morgan fingerprint density at radius 3 is 2.86 bits per heavy atom. The predicted octanol–water partition coefficient (Wildman–Crippen LogP) is 2.20. The molecule has 2 unspecified atom stereocenters. The largest absolute Gasteiger partial charge is 0.497 e. The van der Waals surface area contributed by atoms with Crippen LogP contribution in [0.15, 0.2) is 30.5 Å². The third-order valence-electron chi connectivity index (χ3n) is 3.87. The molecule has 0 aliphatic heterocycles. The number of hydrogen-bond donors (Lipinski definition) is 1. The van der Waals surface area contributed by atoms with Crippen LogP contribution in [0.1, 0.15) is 23.6 Å². The smallest absolute Gasteiger partial charge is 0.307 e. The van der Waals surface area contributed by atoms with Crippen LogP contribution in [-0.2, 0) is 18.4 Å². The van der Waals surface area contributed by atoms with Crippen molar-refractivity contribution in [1.82, 2.24) is 9.78 Å². The molecule has 2 atom stereocenters. The molecule has 1 aromatic heterocycles. The van der Waals surface area contributed by atoms with Gasteiger partial charge >= 0.3 is 5.97 Å². The standard InChI is InChI=1S/C16H18N2O4/c1-18-6-5-10(17-18)9-22-15-7-11(21-2)3-4-12(15)13-8-14(13)16(19)20/h3-7,13-14H,8-9H2,1-2H3,(H,19,20). The molecule has 22 heavy (non-hydrogen) atoms. The molecule has 0 amide bonds. The number of benzene rings is 1. The first-order valence-electron chi connectivity index (χ1n) is 7.10. The molecule has 1 N–H and O–H groups in total. The van der Waals surface area contributed by atoms with Gasteiger partial charge in [0.1, 0.15) is 18.1 Å². The summed E-state index contributed by atoms with van der Waals surface area (Å²) in [4.78, 5) is 11.1. The summed E-state index contributed by atoms with van der Waals surface area (Å²) in [5.41, 5.74) is 1.74. The molecule has 116 valence electrons. The van der Waals surface area contributed by atoms with Crippen molar-refractivity contribution in [2.45, 2.75) is 18.9 Å². The maximum Gasteiger partial charge on any atom is 0.307 e. The highest BCUT2D eigenvalue weighted by Gasteiger charge is 2.45. The molecule has 2 aromatic rings. The van der Waals surface area contributed by atoms with Gasteiger partial charge in [0.2, 0.25) is 0 Å². The van der Waals surface area contributed by atoms with E-state index in [1.807, 2.05) is 31.4 Å². The highest BCUT2D eigenvalue weighted by atomic mass is 16.5. The van der Waals surface area contributed by atoms with Gasteiger partial charge in [-0.2, -0.15) is 5.10 Å². The molecule has 0 spiro atoms. The van der Waals surface area contributed by atoms with E-state index in [1.165, 1.54) is 0 Å². The van der Waals surface area contributed by atoms with Gasteiger partial charge in [0.25, 0.3) is 0 Å². The number of carbonyl (C=O) groups is 1. The van der Waals surface area contributed by atoms with E-state index < -0.39 is 5.97 Å². The van der Waals surface area contributed by atoms with E-state index in [0.717, 1.165) is 11.3 Å². The zero-order chi connectivity index (χ0) is 15.7. The van der Waals surface area contributed by atoms with E-state index in [-0.39, 0.29) is 11.8 Å². The highest BCUT2D eigenvalue weighted by molar-refractivity contribution is 5.75. The van der Waals surface area contributed by atoms with Gasteiger partial charge in [-0.15, -0.1) is 0 Å². The van der Waals surface area contributed by atoms with Crippen LogP contribution >= 0.6 is 0 Å². The molecule has 1 saturated carbocycles. The number of aromatic nitrogens is 2. The van der Waals surface area contributed by atoms with E-state index in [2.05, 4.69) is 5.10 Å². The zero-order valence-electron chi connectivity index (χ0n) is 12.5. The lowest BCUT2D eigenvalue weighted by molar-refractivity contribution is -0.138. The van der Waals surface area contributed by atoms with Crippen LogP contribution in [0.2, 0.25) is 0 Å². The molecule has 1 fully saturated rings. The van der Waals surface area contributed by atoms with Crippen molar-refractivity contribution in [3.05, 3.63) is 41.7 Å². The summed E-state index contributed by atoms with van der Waals surface area (Å²) < 4.78 is 12.8. The van der Waals surface area contributed by atoms with Crippen molar-refractivity contribution in [2.24, 2.45) is 13.0 Å². The summed E-state index contributed by atoms with van der Waals surface area (Å²) in [6.45, 7) is 0.339. The molecule has 6 heteroatoms. The third kappa shape index (κ3) is 2.90. The Bertz CT molecular complexity index is 695. The number of methoxy groups -OCH3 is 1. The molecule has 0 saturated heterocycles. The third-order valence-corrected chi connectivity index (χ3v) is 3.87. The predicted molar refractivity (Wildman–Crippen MR) is 79.0 cm³/mol. The molecule has 1 heterocycles. The number of aliphatic carboxylic acids is 1. The van der Waals surface area contributed by atoms with Gasteiger partial charge in [0.05, 0.1) is 18.7 Å². The number of carboxylic acid groups (broad SMARTS) is 1. The van der Waals surface area contributed by atoms with Gasteiger partial charge in [0, 0.05) is 25.2 Å². The number of nitrogens with zero attached hydrogens (tertiary/aromatic N) is 2. The van der Waals surface area contributed by atoms with Crippen molar-refractivity contribution in [3.8, 4) is 11.5 Å². The van der Waals surface area contributed by atoms with Crippen molar-refractivity contribution in [3.63, 3.8) is 0 Å². The Morgan fingerprint density at radius 1 is 1.45 bits per heavy atom. The van der Waals surface area contributed by atoms with Gasteiger partial charge in [-0.1, -0.05) is 6.07 Å².